The largest absolute Gasteiger partial charge is 0.312 e. The van der Waals surface area contributed by atoms with Crippen LogP contribution in [0.15, 0.2) is 42.5 Å². The molecule has 1 unspecified atom stereocenters. The van der Waals surface area contributed by atoms with Gasteiger partial charge in [-0.2, -0.15) is 0 Å². The highest BCUT2D eigenvalue weighted by atomic mass is 35.5. The first kappa shape index (κ1) is 20.8. The van der Waals surface area contributed by atoms with Crippen molar-refractivity contribution in [1.82, 2.24) is 10.2 Å². The van der Waals surface area contributed by atoms with E-state index in [0.717, 1.165) is 16.1 Å². The van der Waals surface area contributed by atoms with Gasteiger partial charge in [-0.3, -0.25) is 9.59 Å². The molecule has 0 bridgehead atoms. The first-order chi connectivity index (χ1) is 14.4. The molecular formula is C21H18Cl2N4O2S. The van der Waals surface area contributed by atoms with Crippen molar-refractivity contribution < 1.29 is 9.59 Å². The molecule has 1 N–H and O–H groups in total. The zero-order valence-electron chi connectivity index (χ0n) is 16.1. The van der Waals surface area contributed by atoms with Crippen LogP contribution in [0.3, 0.4) is 0 Å². The Labute approximate surface area is 187 Å². The summed E-state index contributed by atoms with van der Waals surface area (Å²) in [4.78, 5) is 26.7. The molecule has 0 saturated carbocycles. The standard InChI is InChI=1S/C21H18Cl2N4O2S/c1-12-2-7-16(10-17(12)23)27-11-14(9-19(27)28)20(29)24-21-26-25-18(30-21)8-13-3-5-15(22)6-4-13/h2-7,10,14H,8-9,11H2,1H3,(H,24,26,29). The van der Waals surface area contributed by atoms with Crippen LogP contribution in [0.1, 0.15) is 22.6 Å². The van der Waals surface area contributed by atoms with Crippen LogP contribution < -0.4 is 10.2 Å². The number of aromatic nitrogens is 2. The quantitative estimate of drug-likeness (QED) is 0.596. The maximum Gasteiger partial charge on any atom is 0.231 e. The number of carbonyl (C=O) groups excluding carboxylic acids is 2. The number of halogens is 2. The van der Waals surface area contributed by atoms with Gasteiger partial charge >= 0.3 is 0 Å². The summed E-state index contributed by atoms with van der Waals surface area (Å²) in [6.45, 7) is 2.21. The van der Waals surface area contributed by atoms with Crippen LogP contribution in [-0.4, -0.2) is 28.6 Å². The molecule has 3 aromatic rings. The molecule has 154 valence electrons. The summed E-state index contributed by atoms with van der Waals surface area (Å²) in [6.07, 6.45) is 0.752. The first-order valence-corrected chi connectivity index (χ1v) is 10.9. The number of hydrogen-bond acceptors (Lipinski definition) is 5. The summed E-state index contributed by atoms with van der Waals surface area (Å²) in [6, 6.07) is 13.0. The molecular weight excluding hydrogens is 443 g/mol. The third kappa shape index (κ3) is 4.64. The molecule has 2 aromatic carbocycles. The molecule has 2 heterocycles. The average Bonchev–Trinajstić information content (AvgIpc) is 3.32. The molecule has 6 nitrogen and oxygen atoms in total. The number of rotatable bonds is 5. The van der Waals surface area contributed by atoms with Gasteiger partial charge in [-0.25, -0.2) is 0 Å². The van der Waals surface area contributed by atoms with E-state index in [2.05, 4.69) is 15.5 Å². The predicted octanol–water partition coefficient (Wildman–Crippen LogP) is 4.74. The summed E-state index contributed by atoms with van der Waals surface area (Å²) in [7, 11) is 0. The van der Waals surface area contributed by atoms with Gasteiger partial charge in [0.1, 0.15) is 5.01 Å². The predicted molar refractivity (Wildman–Crippen MR) is 119 cm³/mol. The number of nitrogens with zero attached hydrogens (tertiary/aromatic N) is 3. The second-order valence-electron chi connectivity index (χ2n) is 7.13. The molecule has 2 amide bonds. The van der Waals surface area contributed by atoms with Gasteiger partial charge in [-0.15, -0.1) is 10.2 Å². The van der Waals surface area contributed by atoms with Gasteiger partial charge in [0.15, 0.2) is 0 Å². The van der Waals surface area contributed by atoms with E-state index >= 15 is 0 Å². The van der Waals surface area contributed by atoms with E-state index in [1.54, 1.807) is 11.0 Å². The molecule has 0 spiro atoms. The molecule has 1 saturated heterocycles. The number of benzene rings is 2. The first-order valence-electron chi connectivity index (χ1n) is 9.33. The van der Waals surface area contributed by atoms with E-state index in [1.165, 1.54) is 11.3 Å². The topological polar surface area (TPSA) is 75.2 Å². The van der Waals surface area contributed by atoms with Crippen molar-refractivity contribution in [3.05, 3.63) is 68.6 Å². The smallest absolute Gasteiger partial charge is 0.231 e. The van der Waals surface area contributed by atoms with Crippen molar-refractivity contribution in [1.29, 1.82) is 0 Å². The fourth-order valence-electron chi connectivity index (χ4n) is 3.24. The SMILES string of the molecule is Cc1ccc(N2CC(C(=O)Nc3nnc(Cc4ccc(Cl)cc4)s3)CC2=O)cc1Cl. The van der Waals surface area contributed by atoms with Crippen LogP contribution in [0.2, 0.25) is 10.0 Å². The number of nitrogens with one attached hydrogen (secondary N) is 1. The van der Waals surface area contributed by atoms with Gasteiger partial charge in [0.2, 0.25) is 16.9 Å². The number of hydrogen-bond donors (Lipinski definition) is 1. The molecule has 1 fully saturated rings. The normalized spacial score (nSPS) is 16.2. The Kier molecular flexibility index (Phi) is 6.04. The highest BCUT2D eigenvalue weighted by Gasteiger charge is 2.35. The van der Waals surface area contributed by atoms with Crippen molar-refractivity contribution in [3.8, 4) is 0 Å². The second-order valence-corrected chi connectivity index (χ2v) is 9.04. The van der Waals surface area contributed by atoms with Gasteiger partial charge in [0.25, 0.3) is 0 Å². The van der Waals surface area contributed by atoms with Crippen LogP contribution >= 0.6 is 34.5 Å². The summed E-state index contributed by atoms with van der Waals surface area (Å²) in [5, 5.41) is 13.5. The minimum atomic E-state index is -0.457. The molecule has 4 rings (SSSR count). The van der Waals surface area contributed by atoms with Crippen molar-refractivity contribution in [2.75, 3.05) is 16.8 Å². The Morgan fingerprint density at radius 3 is 2.70 bits per heavy atom. The van der Waals surface area contributed by atoms with E-state index in [0.29, 0.717) is 33.8 Å². The van der Waals surface area contributed by atoms with E-state index in [4.69, 9.17) is 23.2 Å². The van der Waals surface area contributed by atoms with Crippen molar-refractivity contribution in [2.24, 2.45) is 5.92 Å². The molecule has 1 atom stereocenters. The van der Waals surface area contributed by atoms with Gasteiger partial charge in [0.05, 0.1) is 5.92 Å². The van der Waals surface area contributed by atoms with Gasteiger partial charge in [0, 0.05) is 35.1 Å². The third-order valence-electron chi connectivity index (χ3n) is 4.93. The fraction of sp³-hybridized carbons (Fsp3) is 0.238. The minimum absolute atomic E-state index is 0.101. The summed E-state index contributed by atoms with van der Waals surface area (Å²) < 4.78 is 0. The molecule has 1 aliphatic rings. The molecule has 1 aliphatic heterocycles. The van der Waals surface area contributed by atoms with Crippen LogP contribution in [0.25, 0.3) is 0 Å². The Morgan fingerprint density at radius 2 is 1.97 bits per heavy atom. The van der Waals surface area contributed by atoms with E-state index < -0.39 is 5.92 Å². The van der Waals surface area contributed by atoms with E-state index in [1.807, 2.05) is 43.3 Å². The molecule has 30 heavy (non-hydrogen) atoms. The average molecular weight is 461 g/mol. The summed E-state index contributed by atoms with van der Waals surface area (Å²) in [5.41, 5.74) is 2.70. The van der Waals surface area contributed by atoms with E-state index in [9.17, 15) is 9.59 Å². The van der Waals surface area contributed by atoms with Gasteiger partial charge < -0.3 is 10.2 Å². The Morgan fingerprint density at radius 1 is 1.20 bits per heavy atom. The highest BCUT2D eigenvalue weighted by molar-refractivity contribution is 7.15. The zero-order valence-corrected chi connectivity index (χ0v) is 18.4. The van der Waals surface area contributed by atoms with Gasteiger partial charge in [-0.1, -0.05) is 52.7 Å². The van der Waals surface area contributed by atoms with Crippen molar-refractivity contribution in [2.45, 2.75) is 19.8 Å². The number of aryl methyl sites for hydroxylation is 1. The molecule has 0 radical (unpaired) electrons. The van der Waals surface area contributed by atoms with E-state index in [-0.39, 0.29) is 18.2 Å². The Balaban J connectivity index is 1.38. The number of amides is 2. The zero-order chi connectivity index (χ0) is 21.3. The summed E-state index contributed by atoms with van der Waals surface area (Å²) >= 11 is 13.4. The third-order valence-corrected chi connectivity index (χ3v) is 6.43. The van der Waals surface area contributed by atoms with Crippen molar-refractivity contribution >= 4 is 57.2 Å². The number of carbonyl (C=O) groups is 2. The molecule has 1 aromatic heterocycles. The lowest BCUT2D eigenvalue weighted by atomic mass is 10.1. The Hall–Kier alpha value is -2.48. The highest BCUT2D eigenvalue weighted by Crippen LogP contribution is 2.29. The monoisotopic (exact) mass is 460 g/mol. The minimum Gasteiger partial charge on any atom is -0.312 e. The Bertz CT molecular complexity index is 1100. The van der Waals surface area contributed by atoms with Gasteiger partial charge in [-0.05, 0) is 42.3 Å². The second kappa shape index (κ2) is 8.71. The lowest BCUT2D eigenvalue weighted by molar-refractivity contribution is -0.122. The fourth-order valence-corrected chi connectivity index (χ4v) is 4.32. The van der Waals surface area contributed by atoms with Crippen LogP contribution in [0, 0.1) is 12.8 Å². The summed E-state index contributed by atoms with van der Waals surface area (Å²) in [5.74, 6) is -0.796. The lowest BCUT2D eigenvalue weighted by Crippen LogP contribution is -2.28. The maximum absolute atomic E-state index is 12.7. The number of anilines is 2. The van der Waals surface area contributed by atoms with Crippen LogP contribution in [-0.2, 0) is 16.0 Å². The lowest BCUT2D eigenvalue weighted by Gasteiger charge is -2.17. The maximum atomic E-state index is 12.7. The molecule has 9 heteroatoms. The van der Waals surface area contributed by atoms with Crippen molar-refractivity contribution in [3.63, 3.8) is 0 Å². The van der Waals surface area contributed by atoms with Crippen LogP contribution in [0.5, 0.6) is 0 Å². The van der Waals surface area contributed by atoms with Crippen LogP contribution in [0.4, 0.5) is 10.8 Å². The molecule has 0 aliphatic carbocycles.